The molecule has 0 radical (unpaired) electrons. The van der Waals surface area contributed by atoms with Crippen molar-refractivity contribution in [3.05, 3.63) is 89.8 Å². The molecule has 126 valence electrons. The zero-order valence-corrected chi connectivity index (χ0v) is 15.1. The minimum atomic E-state index is 0.634. The molecule has 0 saturated heterocycles. The summed E-state index contributed by atoms with van der Waals surface area (Å²) in [5, 5.41) is 2.40. The molecule has 0 atom stereocenters. The van der Waals surface area contributed by atoms with Gasteiger partial charge >= 0.3 is 0 Å². The van der Waals surface area contributed by atoms with Gasteiger partial charge in [0.25, 0.3) is 0 Å². The van der Waals surface area contributed by atoms with Crippen molar-refractivity contribution in [2.75, 3.05) is 0 Å². The highest BCUT2D eigenvalue weighted by atomic mass is 15.4. The van der Waals surface area contributed by atoms with E-state index in [0.29, 0.717) is 5.69 Å². The van der Waals surface area contributed by atoms with E-state index in [1.54, 1.807) is 0 Å². The molecule has 2 heterocycles. The van der Waals surface area contributed by atoms with Gasteiger partial charge in [0.2, 0.25) is 5.69 Å². The van der Waals surface area contributed by atoms with Gasteiger partial charge in [-0.25, -0.2) is 4.85 Å². The van der Waals surface area contributed by atoms with Gasteiger partial charge in [-0.15, -0.1) is 9.36 Å². The number of fused-ring (bicyclic) bond motifs is 1. The number of hydrogen-bond donors (Lipinski definition) is 0. The molecule has 0 bridgehead atoms. The monoisotopic (exact) mass is 340 g/mol. The van der Waals surface area contributed by atoms with Crippen LogP contribution < -0.4 is 9.25 Å². The number of hydrogen-bond acceptors (Lipinski definition) is 0. The van der Waals surface area contributed by atoms with E-state index >= 15 is 0 Å². The minimum Gasteiger partial charge on any atom is -0.238 e. The highest BCUT2D eigenvalue weighted by Gasteiger charge is 2.21. The van der Waals surface area contributed by atoms with Crippen LogP contribution in [0, 0.1) is 20.4 Å². The second-order valence-electron chi connectivity index (χ2n) is 6.54. The molecule has 0 spiro atoms. The molecule has 0 N–H and O–H groups in total. The Kier molecular flexibility index (Phi) is 3.78. The summed E-state index contributed by atoms with van der Waals surface area (Å²) in [5.74, 6) is 0. The van der Waals surface area contributed by atoms with Crippen molar-refractivity contribution in [2.24, 2.45) is 7.05 Å². The summed E-state index contributed by atoms with van der Waals surface area (Å²) in [6.45, 7) is 11.7. The van der Waals surface area contributed by atoms with E-state index in [2.05, 4.69) is 64.5 Å². The largest absolute Gasteiger partial charge is 0.238 e. The molecule has 0 amide bonds. The average molecular weight is 340 g/mol. The van der Waals surface area contributed by atoms with Crippen molar-refractivity contribution in [1.29, 1.82) is 0 Å². The van der Waals surface area contributed by atoms with Crippen LogP contribution in [0.25, 0.3) is 27.0 Å². The van der Waals surface area contributed by atoms with Gasteiger partial charge in [-0.3, -0.25) is 0 Å². The second kappa shape index (κ2) is 6.12. The summed E-state index contributed by atoms with van der Waals surface area (Å²) in [4.78, 5) is 3.70. The number of pyridine rings is 1. The van der Waals surface area contributed by atoms with Crippen molar-refractivity contribution < 1.29 is 9.25 Å². The number of rotatable bonds is 2. The first-order chi connectivity index (χ1) is 12.6. The summed E-state index contributed by atoms with van der Waals surface area (Å²) in [6, 6.07) is 16.5. The van der Waals surface area contributed by atoms with E-state index in [9.17, 15) is 0 Å². The van der Waals surface area contributed by atoms with Gasteiger partial charge in [-0.1, -0.05) is 18.2 Å². The van der Waals surface area contributed by atoms with Gasteiger partial charge in [0.15, 0.2) is 30.8 Å². The fourth-order valence-corrected chi connectivity index (χ4v) is 3.45. The van der Waals surface area contributed by atoms with E-state index in [4.69, 9.17) is 6.57 Å². The minimum absolute atomic E-state index is 0.634. The molecule has 4 rings (SSSR count). The van der Waals surface area contributed by atoms with E-state index in [1.807, 2.05) is 42.3 Å². The highest BCUT2D eigenvalue weighted by molar-refractivity contribution is 5.81. The Morgan fingerprint density at radius 2 is 1.77 bits per heavy atom. The number of benzene rings is 2. The van der Waals surface area contributed by atoms with Gasteiger partial charge in [0.1, 0.15) is 5.69 Å². The Bertz CT molecular complexity index is 1180. The Morgan fingerprint density at radius 3 is 2.46 bits per heavy atom. The van der Waals surface area contributed by atoms with Crippen molar-refractivity contribution in [3.8, 4) is 11.4 Å². The molecule has 0 aliphatic heterocycles. The molecule has 0 unspecified atom stereocenters. The van der Waals surface area contributed by atoms with E-state index in [1.165, 1.54) is 10.8 Å². The summed E-state index contributed by atoms with van der Waals surface area (Å²) in [5.41, 5.74) is 4.95. The summed E-state index contributed by atoms with van der Waals surface area (Å²) in [7, 11) is 2.00. The molecule has 26 heavy (non-hydrogen) atoms. The quantitative estimate of drug-likeness (QED) is 0.389. The third-order valence-electron chi connectivity index (χ3n) is 4.85. The molecule has 4 heteroatoms. The van der Waals surface area contributed by atoms with Crippen LogP contribution in [0.5, 0.6) is 0 Å². The molecule has 4 aromatic rings. The molecule has 0 aliphatic rings. The third-order valence-corrected chi connectivity index (χ3v) is 4.85. The van der Waals surface area contributed by atoms with Crippen molar-refractivity contribution in [2.45, 2.75) is 13.8 Å². The number of nitrogens with zero attached hydrogens (tertiary/aromatic N) is 4. The molecule has 2 aromatic heterocycles. The van der Waals surface area contributed by atoms with Crippen LogP contribution in [0.3, 0.4) is 0 Å². The fraction of sp³-hybridized carbons (Fsp3) is 0.136. The zero-order chi connectivity index (χ0) is 18.3. The predicted octanol–water partition coefficient (Wildman–Crippen LogP) is 3.90. The van der Waals surface area contributed by atoms with E-state index < -0.39 is 0 Å². The van der Waals surface area contributed by atoms with Crippen LogP contribution in [0.15, 0.2) is 67.1 Å². The Balaban J connectivity index is 2.02. The van der Waals surface area contributed by atoms with Gasteiger partial charge in [-0.05, 0) is 24.4 Å². The smallest absolute Gasteiger partial charge is 0.205 e. The third kappa shape index (κ3) is 2.55. The van der Waals surface area contributed by atoms with E-state index in [0.717, 1.165) is 22.6 Å². The fourth-order valence-electron chi connectivity index (χ4n) is 3.45. The predicted molar refractivity (Wildman–Crippen MR) is 102 cm³/mol. The lowest BCUT2D eigenvalue weighted by atomic mass is 10.1. The summed E-state index contributed by atoms with van der Waals surface area (Å²) < 4.78 is 6.25. The van der Waals surface area contributed by atoms with Crippen LogP contribution >= 0.6 is 0 Å². The van der Waals surface area contributed by atoms with E-state index in [-0.39, 0.29) is 0 Å². The van der Waals surface area contributed by atoms with Crippen LogP contribution in [0.1, 0.15) is 11.3 Å². The first kappa shape index (κ1) is 16.0. The summed E-state index contributed by atoms with van der Waals surface area (Å²) >= 11 is 0. The first-order valence-corrected chi connectivity index (χ1v) is 8.55. The lowest BCUT2D eigenvalue weighted by molar-refractivity contribution is -0.744. The lowest BCUT2D eigenvalue weighted by Crippen LogP contribution is -2.38. The topological polar surface area (TPSA) is 17.0 Å². The van der Waals surface area contributed by atoms with Gasteiger partial charge in [-0.2, -0.15) is 4.57 Å². The Morgan fingerprint density at radius 1 is 1.00 bits per heavy atom. The van der Waals surface area contributed by atoms with Crippen LogP contribution in [0.4, 0.5) is 5.69 Å². The molecule has 2 aromatic carbocycles. The van der Waals surface area contributed by atoms with Crippen LogP contribution in [-0.2, 0) is 7.05 Å². The highest BCUT2D eigenvalue weighted by Crippen LogP contribution is 2.26. The molecule has 4 nitrogen and oxygen atoms in total. The van der Waals surface area contributed by atoms with Gasteiger partial charge in [0.05, 0.1) is 12.8 Å². The molecule has 0 aliphatic carbocycles. The maximum atomic E-state index is 7.53. The standard InChI is InChI=1S/C22H20N4/c1-16-12-18-8-5-6-9-19(18)15-25(16)21-13-20(23-3)14-22(17(21)2)26-11-7-10-24(26)4/h5-15H,1-2,4H3/q+2. The molecule has 0 fully saturated rings. The SMILES string of the molecule is [C-]#[N+]c1cc(-n2ccc[n+]2C)c(C)c(-[n+]2cc3ccccc3cc2C)c1. The molecular weight excluding hydrogens is 320 g/mol. The number of aryl methyl sites for hydroxylation is 2. The van der Waals surface area contributed by atoms with Crippen molar-refractivity contribution in [1.82, 2.24) is 4.68 Å². The zero-order valence-electron chi connectivity index (χ0n) is 15.1. The lowest BCUT2D eigenvalue weighted by Gasteiger charge is -2.10. The second-order valence-corrected chi connectivity index (χ2v) is 6.54. The maximum Gasteiger partial charge on any atom is 0.205 e. The Hall–Kier alpha value is -3.45. The van der Waals surface area contributed by atoms with Gasteiger partial charge in [0, 0.05) is 36.1 Å². The van der Waals surface area contributed by atoms with Gasteiger partial charge < -0.3 is 0 Å². The maximum absolute atomic E-state index is 7.53. The average Bonchev–Trinajstić information content (AvgIpc) is 3.07. The normalized spacial score (nSPS) is 10.8. The summed E-state index contributed by atoms with van der Waals surface area (Å²) in [6.07, 6.45) is 6.16. The Labute approximate surface area is 153 Å². The van der Waals surface area contributed by atoms with Crippen molar-refractivity contribution in [3.63, 3.8) is 0 Å². The molecule has 0 saturated carbocycles. The number of aromatic nitrogens is 3. The van der Waals surface area contributed by atoms with Crippen molar-refractivity contribution >= 4 is 16.5 Å². The molecular formula is C22H20N4+2. The van der Waals surface area contributed by atoms with Crippen LogP contribution in [0.2, 0.25) is 0 Å². The van der Waals surface area contributed by atoms with Crippen LogP contribution in [-0.4, -0.2) is 4.68 Å². The first-order valence-electron chi connectivity index (χ1n) is 8.55.